The van der Waals surface area contributed by atoms with Gasteiger partial charge in [0, 0.05) is 6.61 Å². The zero-order valence-corrected chi connectivity index (χ0v) is 6.46. The van der Waals surface area contributed by atoms with E-state index in [1.54, 1.807) is 0 Å². The normalized spacial score (nSPS) is 15.2. The number of allylic oxidation sites excluding steroid dienone is 1. The summed E-state index contributed by atoms with van der Waals surface area (Å²) in [4.78, 5) is 0. The molecule has 0 radical (unpaired) electrons. The van der Waals surface area contributed by atoms with E-state index in [-0.39, 0.29) is 6.61 Å². The van der Waals surface area contributed by atoms with Gasteiger partial charge in [0.25, 0.3) is 0 Å². The molecule has 0 aromatic heterocycles. The molecule has 0 amide bonds. The second-order valence-corrected chi connectivity index (χ2v) is 2.79. The fraction of sp³-hybridized carbons (Fsp3) is 0.750. The molecule has 0 fully saturated rings. The molecule has 0 aliphatic heterocycles. The van der Waals surface area contributed by atoms with Crippen molar-refractivity contribution in [1.29, 1.82) is 0 Å². The third-order valence-electron chi connectivity index (χ3n) is 1.11. The molecule has 0 heterocycles. The summed E-state index contributed by atoms with van der Waals surface area (Å²) in [5, 5.41) is 8.60. The third-order valence-corrected chi connectivity index (χ3v) is 1.11. The Labute approximate surface area is 57.4 Å². The third kappa shape index (κ3) is 5.57. The Morgan fingerprint density at radius 3 is 2.11 bits per heavy atom. The van der Waals surface area contributed by atoms with Crippen molar-refractivity contribution in [2.45, 2.75) is 20.8 Å². The lowest BCUT2D eigenvalue weighted by molar-refractivity contribution is 0.261. The summed E-state index contributed by atoms with van der Waals surface area (Å²) in [5.41, 5.74) is 0. The standard InChI is InChI=1S/C8H16O/c1-7(2)4-5-8(3)6-9/h4-5,7-9H,6H2,1-3H3/b5-4+. The van der Waals surface area contributed by atoms with Gasteiger partial charge < -0.3 is 5.11 Å². The highest BCUT2D eigenvalue weighted by Gasteiger charge is 1.91. The molecule has 0 aliphatic carbocycles. The van der Waals surface area contributed by atoms with Crippen LogP contribution in [0.3, 0.4) is 0 Å². The second-order valence-electron chi connectivity index (χ2n) is 2.79. The Balaban J connectivity index is 3.43. The van der Waals surface area contributed by atoms with E-state index in [1.165, 1.54) is 0 Å². The first-order chi connectivity index (χ1) is 4.16. The van der Waals surface area contributed by atoms with Crippen molar-refractivity contribution in [3.8, 4) is 0 Å². The van der Waals surface area contributed by atoms with Crippen molar-refractivity contribution in [3.05, 3.63) is 12.2 Å². The zero-order valence-electron chi connectivity index (χ0n) is 6.46. The monoisotopic (exact) mass is 128 g/mol. The van der Waals surface area contributed by atoms with Crippen molar-refractivity contribution < 1.29 is 5.11 Å². The van der Waals surface area contributed by atoms with Crippen LogP contribution in [0.15, 0.2) is 12.2 Å². The highest BCUT2D eigenvalue weighted by molar-refractivity contribution is 4.88. The minimum Gasteiger partial charge on any atom is -0.396 e. The quantitative estimate of drug-likeness (QED) is 0.575. The van der Waals surface area contributed by atoms with Crippen molar-refractivity contribution in [2.24, 2.45) is 11.8 Å². The molecule has 1 atom stereocenters. The summed E-state index contributed by atoms with van der Waals surface area (Å²) in [5.74, 6) is 0.909. The number of rotatable bonds is 3. The lowest BCUT2D eigenvalue weighted by Crippen LogP contribution is -1.95. The van der Waals surface area contributed by atoms with Gasteiger partial charge >= 0.3 is 0 Å². The Kier molecular flexibility index (Phi) is 4.41. The molecule has 0 aromatic carbocycles. The molecule has 1 unspecified atom stereocenters. The van der Waals surface area contributed by atoms with Crippen molar-refractivity contribution in [2.75, 3.05) is 6.61 Å². The second kappa shape index (κ2) is 4.57. The fourth-order valence-electron chi connectivity index (χ4n) is 0.473. The molecule has 1 N–H and O–H groups in total. The molecular weight excluding hydrogens is 112 g/mol. The molecule has 0 aromatic rings. The average Bonchev–Trinajstić information content (AvgIpc) is 1.83. The van der Waals surface area contributed by atoms with Gasteiger partial charge in [-0.05, 0) is 11.8 Å². The van der Waals surface area contributed by atoms with Crippen LogP contribution in [-0.4, -0.2) is 11.7 Å². The lowest BCUT2D eigenvalue weighted by atomic mass is 10.1. The molecule has 9 heavy (non-hydrogen) atoms. The van der Waals surface area contributed by atoms with Crippen LogP contribution < -0.4 is 0 Å². The molecule has 0 aliphatic rings. The van der Waals surface area contributed by atoms with Gasteiger partial charge in [0.15, 0.2) is 0 Å². The first kappa shape index (κ1) is 8.70. The van der Waals surface area contributed by atoms with Gasteiger partial charge in [-0.1, -0.05) is 32.9 Å². The van der Waals surface area contributed by atoms with Crippen LogP contribution in [0.2, 0.25) is 0 Å². The van der Waals surface area contributed by atoms with Crippen molar-refractivity contribution in [3.63, 3.8) is 0 Å². The van der Waals surface area contributed by atoms with E-state index in [9.17, 15) is 0 Å². The number of hydrogen-bond donors (Lipinski definition) is 1. The van der Waals surface area contributed by atoms with E-state index in [2.05, 4.69) is 19.9 Å². The smallest absolute Gasteiger partial charge is 0.0491 e. The molecule has 0 rings (SSSR count). The number of aliphatic hydroxyl groups is 1. The SMILES string of the molecule is CC(C)/C=C/C(C)CO. The first-order valence-electron chi connectivity index (χ1n) is 3.46. The molecule has 1 nitrogen and oxygen atoms in total. The van der Waals surface area contributed by atoms with Crippen LogP contribution in [0.1, 0.15) is 20.8 Å². The van der Waals surface area contributed by atoms with Gasteiger partial charge in [0.1, 0.15) is 0 Å². The van der Waals surface area contributed by atoms with E-state index in [4.69, 9.17) is 5.11 Å². The predicted molar refractivity (Wildman–Crippen MR) is 40.2 cm³/mol. The maximum Gasteiger partial charge on any atom is 0.0491 e. The molecule has 0 saturated heterocycles. The van der Waals surface area contributed by atoms with E-state index in [1.807, 2.05) is 13.0 Å². The summed E-state index contributed by atoms with van der Waals surface area (Å²) in [7, 11) is 0. The van der Waals surface area contributed by atoms with Crippen LogP contribution >= 0.6 is 0 Å². The molecule has 0 spiro atoms. The molecule has 0 saturated carbocycles. The Bertz CT molecular complexity index is 84.6. The van der Waals surface area contributed by atoms with Gasteiger partial charge in [-0.15, -0.1) is 0 Å². The van der Waals surface area contributed by atoms with Gasteiger partial charge in [-0.2, -0.15) is 0 Å². The molecule has 1 heteroatoms. The van der Waals surface area contributed by atoms with Gasteiger partial charge in [-0.25, -0.2) is 0 Å². The van der Waals surface area contributed by atoms with Crippen LogP contribution in [0.25, 0.3) is 0 Å². The van der Waals surface area contributed by atoms with Crippen LogP contribution in [0.4, 0.5) is 0 Å². The Morgan fingerprint density at radius 2 is 1.78 bits per heavy atom. The lowest BCUT2D eigenvalue weighted by Gasteiger charge is -1.99. The predicted octanol–water partition coefficient (Wildman–Crippen LogP) is 1.83. The van der Waals surface area contributed by atoms with E-state index >= 15 is 0 Å². The fourth-order valence-corrected chi connectivity index (χ4v) is 0.473. The largest absolute Gasteiger partial charge is 0.396 e. The van der Waals surface area contributed by atoms with Crippen LogP contribution in [0.5, 0.6) is 0 Å². The zero-order chi connectivity index (χ0) is 7.28. The Hall–Kier alpha value is -0.300. The summed E-state index contributed by atoms with van der Waals surface area (Å²) in [6.07, 6.45) is 4.16. The van der Waals surface area contributed by atoms with E-state index in [0.717, 1.165) is 0 Å². The minimum atomic E-state index is 0.253. The highest BCUT2D eigenvalue weighted by Crippen LogP contribution is 1.99. The van der Waals surface area contributed by atoms with Gasteiger partial charge in [-0.3, -0.25) is 0 Å². The first-order valence-corrected chi connectivity index (χ1v) is 3.46. The van der Waals surface area contributed by atoms with Crippen molar-refractivity contribution in [1.82, 2.24) is 0 Å². The molecule has 54 valence electrons. The topological polar surface area (TPSA) is 20.2 Å². The van der Waals surface area contributed by atoms with Crippen LogP contribution in [-0.2, 0) is 0 Å². The molecular formula is C8H16O. The van der Waals surface area contributed by atoms with Gasteiger partial charge in [0.2, 0.25) is 0 Å². The summed E-state index contributed by atoms with van der Waals surface area (Å²) in [6.45, 7) is 6.50. The van der Waals surface area contributed by atoms with Gasteiger partial charge in [0.05, 0.1) is 0 Å². The minimum absolute atomic E-state index is 0.253. The summed E-state index contributed by atoms with van der Waals surface area (Å²) in [6, 6.07) is 0. The summed E-state index contributed by atoms with van der Waals surface area (Å²) >= 11 is 0. The van der Waals surface area contributed by atoms with Crippen molar-refractivity contribution >= 4 is 0 Å². The Morgan fingerprint density at radius 1 is 1.22 bits per heavy atom. The molecule has 0 bridgehead atoms. The van der Waals surface area contributed by atoms with E-state index in [0.29, 0.717) is 11.8 Å². The maximum absolute atomic E-state index is 8.60. The average molecular weight is 128 g/mol. The summed E-state index contributed by atoms with van der Waals surface area (Å²) < 4.78 is 0. The number of aliphatic hydroxyl groups excluding tert-OH is 1. The van der Waals surface area contributed by atoms with E-state index < -0.39 is 0 Å². The van der Waals surface area contributed by atoms with Crippen LogP contribution in [0, 0.1) is 11.8 Å². The maximum atomic E-state index is 8.60. The highest BCUT2D eigenvalue weighted by atomic mass is 16.3. The number of hydrogen-bond acceptors (Lipinski definition) is 1.